The van der Waals surface area contributed by atoms with Gasteiger partial charge in [-0.15, -0.1) is 0 Å². The van der Waals surface area contributed by atoms with Crippen molar-refractivity contribution < 1.29 is 4.74 Å². The number of hydrogen-bond acceptors (Lipinski definition) is 2. The number of alkyl halides is 1. The molecule has 0 fully saturated rings. The first-order valence-corrected chi connectivity index (χ1v) is 8.94. The minimum absolute atomic E-state index is 0.706. The van der Waals surface area contributed by atoms with Crippen LogP contribution in [-0.4, -0.2) is 29.9 Å². The fourth-order valence-electron chi connectivity index (χ4n) is 2.39. The van der Waals surface area contributed by atoms with Gasteiger partial charge in [-0.1, -0.05) is 76.6 Å². The van der Waals surface area contributed by atoms with Crippen molar-refractivity contribution in [1.82, 2.24) is 4.90 Å². The van der Waals surface area contributed by atoms with Gasteiger partial charge in [0.05, 0.1) is 6.61 Å². The number of ether oxygens (including phenoxy) is 1. The number of nitrogens with zero attached hydrogens (tertiary/aromatic N) is 1. The fourth-order valence-corrected chi connectivity index (χ4v) is 2.89. The van der Waals surface area contributed by atoms with E-state index in [9.17, 15) is 0 Å². The number of rotatable bonds is 10. The van der Waals surface area contributed by atoms with Crippen LogP contribution >= 0.6 is 15.9 Å². The number of halogens is 1. The summed E-state index contributed by atoms with van der Waals surface area (Å²) in [6, 6.07) is 21.0. The van der Waals surface area contributed by atoms with E-state index >= 15 is 0 Å². The largest absolute Gasteiger partial charge is 0.377 e. The molecule has 0 saturated heterocycles. The molecular weight excluding hydrogens is 338 g/mol. The minimum Gasteiger partial charge on any atom is -0.377 e. The Kier molecular flexibility index (Phi) is 8.24. The lowest BCUT2D eigenvalue weighted by atomic mass is 10.2. The Hall–Kier alpha value is -1.16. The molecule has 0 spiro atoms. The SMILES string of the molecule is BrCCN(CCCOCc1ccccc1)Cc1ccccc1. The van der Waals surface area contributed by atoms with Crippen LogP contribution in [0, 0.1) is 0 Å². The third-order valence-electron chi connectivity index (χ3n) is 3.52. The first kappa shape index (κ1) is 17.2. The van der Waals surface area contributed by atoms with Crippen LogP contribution in [0.3, 0.4) is 0 Å². The molecule has 3 heteroatoms. The Morgan fingerprint density at radius 3 is 2.09 bits per heavy atom. The van der Waals surface area contributed by atoms with Crippen LogP contribution < -0.4 is 0 Å². The van der Waals surface area contributed by atoms with Crippen LogP contribution in [0.25, 0.3) is 0 Å². The zero-order valence-corrected chi connectivity index (χ0v) is 14.5. The van der Waals surface area contributed by atoms with Crippen molar-refractivity contribution in [3.8, 4) is 0 Å². The fraction of sp³-hybridized carbons (Fsp3) is 0.368. The molecule has 0 radical (unpaired) electrons. The summed E-state index contributed by atoms with van der Waals surface area (Å²) in [5.41, 5.74) is 2.61. The number of benzene rings is 2. The van der Waals surface area contributed by atoms with E-state index in [1.54, 1.807) is 0 Å². The predicted molar refractivity (Wildman–Crippen MR) is 96.2 cm³/mol. The summed E-state index contributed by atoms with van der Waals surface area (Å²) in [4.78, 5) is 2.47. The third kappa shape index (κ3) is 6.73. The van der Waals surface area contributed by atoms with Gasteiger partial charge in [-0.2, -0.15) is 0 Å². The summed E-state index contributed by atoms with van der Waals surface area (Å²) in [6.45, 7) is 4.65. The highest BCUT2D eigenvalue weighted by molar-refractivity contribution is 9.09. The summed E-state index contributed by atoms with van der Waals surface area (Å²) >= 11 is 3.54. The maximum Gasteiger partial charge on any atom is 0.0716 e. The Morgan fingerprint density at radius 1 is 0.818 bits per heavy atom. The second kappa shape index (κ2) is 10.5. The summed E-state index contributed by atoms with van der Waals surface area (Å²) < 4.78 is 5.76. The van der Waals surface area contributed by atoms with Crippen LogP contribution in [0.4, 0.5) is 0 Å². The van der Waals surface area contributed by atoms with Gasteiger partial charge in [0.1, 0.15) is 0 Å². The minimum atomic E-state index is 0.706. The van der Waals surface area contributed by atoms with E-state index in [2.05, 4.69) is 75.4 Å². The van der Waals surface area contributed by atoms with Gasteiger partial charge in [0.2, 0.25) is 0 Å². The van der Waals surface area contributed by atoms with Crippen LogP contribution in [0.2, 0.25) is 0 Å². The molecule has 118 valence electrons. The highest BCUT2D eigenvalue weighted by Gasteiger charge is 2.05. The summed E-state index contributed by atoms with van der Waals surface area (Å²) in [7, 11) is 0. The van der Waals surface area contributed by atoms with Gasteiger partial charge in [-0.05, 0) is 17.5 Å². The summed E-state index contributed by atoms with van der Waals surface area (Å²) in [6.07, 6.45) is 1.06. The Morgan fingerprint density at radius 2 is 1.45 bits per heavy atom. The molecular formula is C19H24BrNO. The van der Waals surface area contributed by atoms with E-state index in [0.29, 0.717) is 6.61 Å². The van der Waals surface area contributed by atoms with Gasteiger partial charge in [0.25, 0.3) is 0 Å². The Labute approximate surface area is 142 Å². The lowest BCUT2D eigenvalue weighted by Gasteiger charge is -2.21. The van der Waals surface area contributed by atoms with Gasteiger partial charge < -0.3 is 4.74 Å². The van der Waals surface area contributed by atoms with Crippen molar-refractivity contribution in [2.45, 2.75) is 19.6 Å². The zero-order chi connectivity index (χ0) is 15.5. The van der Waals surface area contributed by atoms with Crippen LogP contribution in [0.5, 0.6) is 0 Å². The molecule has 0 unspecified atom stereocenters. The lowest BCUT2D eigenvalue weighted by Crippen LogP contribution is -2.27. The van der Waals surface area contributed by atoms with Crippen molar-refractivity contribution in [1.29, 1.82) is 0 Å². The van der Waals surface area contributed by atoms with Crippen molar-refractivity contribution in [3.05, 3.63) is 71.8 Å². The van der Waals surface area contributed by atoms with E-state index in [-0.39, 0.29) is 0 Å². The van der Waals surface area contributed by atoms with Crippen molar-refractivity contribution in [2.75, 3.05) is 25.0 Å². The molecule has 22 heavy (non-hydrogen) atoms. The van der Waals surface area contributed by atoms with Crippen LogP contribution in [0.1, 0.15) is 17.5 Å². The highest BCUT2D eigenvalue weighted by Crippen LogP contribution is 2.06. The Balaban J connectivity index is 1.66. The topological polar surface area (TPSA) is 12.5 Å². The quantitative estimate of drug-likeness (QED) is 0.456. The molecule has 0 N–H and O–H groups in total. The van der Waals surface area contributed by atoms with Gasteiger partial charge >= 0.3 is 0 Å². The molecule has 0 atom stereocenters. The lowest BCUT2D eigenvalue weighted by molar-refractivity contribution is 0.108. The molecule has 2 rings (SSSR count). The van der Waals surface area contributed by atoms with Crippen molar-refractivity contribution in [2.24, 2.45) is 0 Å². The van der Waals surface area contributed by atoms with Crippen molar-refractivity contribution in [3.63, 3.8) is 0 Å². The molecule has 0 aliphatic carbocycles. The summed E-state index contributed by atoms with van der Waals surface area (Å²) in [5, 5.41) is 1.00. The van der Waals surface area contributed by atoms with Gasteiger partial charge in [-0.3, -0.25) is 4.90 Å². The molecule has 0 amide bonds. The molecule has 2 aromatic carbocycles. The number of hydrogen-bond donors (Lipinski definition) is 0. The van der Waals surface area contributed by atoms with Crippen LogP contribution in [0.15, 0.2) is 60.7 Å². The molecule has 2 aromatic rings. The summed E-state index contributed by atoms with van der Waals surface area (Å²) in [5.74, 6) is 0. The van der Waals surface area contributed by atoms with Crippen LogP contribution in [-0.2, 0) is 17.9 Å². The van der Waals surface area contributed by atoms with E-state index in [4.69, 9.17) is 4.74 Å². The maximum atomic E-state index is 5.76. The van der Waals surface area contributed by atoms with E-state index in [1.807, 2.05) is 6.07 Å². The van der Waals surface area contributed by atoms with Gasteiger partial charge in [0.15, 0.2) is 0 Å². The molecule has 0 aromatic heterocycles. The molecule has 0 bridgehead atoms. The second-order valence-electron chi connectivity index (χ2n) is 5.34. The standard InChI is InChI=1S/C19H24BrNO/c20-12-14-21(16-18-8-3-1-4-9-18)13-7-15-22-17-19-10-5-2-6-11-19/h1-6,8-11H,7,12-17H2. The zero-order valence-electron chi connectivity index (χ0n) is 13.0. The average Bonchev–Trinajstić information content (AvgIpc) is 2.56. The van der Waals surface area contributed by atoms with E-state index in [0.717, 1.165) is 38.0 Å². The van der Waals surface area contributed by atoms with Crippen molar-refractivity contribution >= 4 is 15.9 Å². The second-order valence-corrected chi connectivity index (χ2v) is 6.14. The smallest absolute Gasteiger partial charge is 0.0716 e. The first-order valence-electron chi connectivity index (χ1n) is 7.82. The highest BCUT2D eigenvalue weighted by atomic mass is 79.9. The van der Waals surface area contributed by atoms with E-state index < -0.39 is 0 Å². The normalized spacial score (nSPS) is 11.0. The first-order chi connectivity index (χ1) is 10.9. The molecule has 0 heterocycles. The molecule has 0 aliphatic rings. The third-order valence-corrected chi connectivity index (χ3v) is 3.88. The maximum absolute atomic E-state index is 5.76. The van der Waals surface area contributed by atoms with E-state index in [1.165, 1.54) is 11.1 Å². The molecule has 2 nitrogen and oxygen atoms in total. The Bertz CT molecular complexity index is 503. The molecule has 0 saturated carbocycles. The average molecular weight is 362 g/mol. The monoisotopic (exact) mass is 361 g/mol. The molecule has 0 aliphatic heterocycles. The predicted octanol–water partition coefficient (Wildman–Crippen LogP) is 4.49. The van der Waals surface area contributed by atoms with Gasteiger partial charge in [0, 0.05) is 31.6 Å². The van der Waals surface area contributed by atoms with Gasteiger partial charge in [-0.25, -0.2) is 0 Å².